The van der Waals surface area contributed by atoms with Gasteiger partial charge in [0.25, 0.3) is 5.91 Å². The standard InChI is InChI=1S/C17H22N4O/c1-11-14(17(18)22)8-16(21-11)13-4-2-3-5-15(13)20-10-12-6-7-19-9-12/h2-5,8,12,19-21H,6-7,9-10H2,1H3,(H2,18,22)/t12-/m1/s1. The van der Waals surface area contributed by atoms with Crippen LogP contribution in [0.2, 0.25) is 0 Å². The zero-order valence-corrected chi connectivity index (χ0v) is 12.8. The first kappa shape index (κ1) is 14.7. The number of hydrogen-bond donors (Lipinski definition) is 4. The van der Waals surface area contributed by atoms with Crippen LogP contribution in [0.1, 0.15) is 22.5 Å². The lowest BCUT2D eigenvalue weighted by molar-refractivity contribution is 0.1000. The Kier molecular flexibility index (Phi) is 4.15. The second-order valence-electron chi connectivity index (χ2n) is 5.87. The molecule has 22 heavy (non-hydrogen) atoms. The lowest BCUT2D eigenvalue weighted by Gasteiger charge is -2.14. The Morgan fingerprint density at radius 1 is 1.41 bits per heavy atom. The summed E-state index contributed by atoms with van der Waals surface area (Å²) in [5, 5.41) is 6.92. The number of primary amides is 1. The van der Waals surface area contributed by atoms with Gasteiger partial charge in [-0.2, -0.15) is 0 Å². The molecule has 1 aromatic carbocycles. The molecule has 1 aliphatic heterocycles. The minimum Gasteiger partial charge on any atom is -0.384 e. The third kappa shape index (κ3) is 2.99. The fourth-order valence-corrected chi connectivity index (χ4v) is 2.97. The van der Waals surface area contributed by atoms with Crippen LogP contribution in [0, 0.1) is 12.8 Å². The van der Waals surface area contributed by atoms with Gasteiger partial charge in [0, 0.05) is 29.2 Å². The topological polar surface area (TPSA) is 82.9 Å². The highest BCUT2D eigenvalue weighted by Gasteiger charge is 2.16. The molecule has 5 nitrogen and oxygen atoms in total. The summed E-state index contributed by atoms with van der Waals surface area (Å²) in [4.78, 5) is 14.7. The van der Waals surface area contributed by atoms with Gasteiger partial charge in [-0.05, 0) is 44.5 Å². The molecule has 1 atom stereocenters. The molecule has 5 N–H and O–H groups in total. The van der Waals surface area contributed by atoms with Crippen molar-refractivity contribution in [1.82, 2.24) is 10.3 Å². The van der Waals surface area contributed by atoms with E-state index in [1.165, 1.54) is 6.42 Å². The monoisotopic (exact) mass is 298 g/mol. The number of para-hydroxylation sites is 1. The van der Waals surface area contributed by atoms with Crippen molar-refractivity contribution >= 4 is 11.6 Å². The van der Waals surface area contributed by atoms with Gasteiger partial charge in [-0.25, -0.2) is 0 Å². The van der Waals surface area contributed by atoms with Crippen molar-refractivity contribution < 1.29 is 4.79 Å². The number of nitrogens with one attached hydrogen (secondary N) is 3. The van der Waals surface area contributed by atoms with E-state index in [1.54, 1.807) is 0 Å². The minimum absolute atomic E-state index is 0.400. The number of anilines is 1. The Morgan fingerprint density at radius 2 is 2.23 bits per heavy atom. The van der Waals surface area contributed by atoms with Crippen LogP contribution >= 0.6 is 0 Å². The van der Waals surface area contributed by atoms with Crippen LogP contribution in [0.5, 0.6) is 0 Å². The highest BCUT2D eigenvalue weighted by Crippen LogP contribution is 2.29. The van der Waals surface area contributed by atoms with Gasteiger partial charge < -0.3 is 21.4 Å². The zero-order chi connectivity index (χ0) is 15.5. The van der Waals surface area contributed by atoms with E-state index in [-0.39, 0.29) is 0 Å². The third-order valence-electron chi connectivity index (χ3n) is 4.24. The molecule has 0 radical (unpaired) electrons. The molecule has 1 aliphatic rings. The predicted octanol–water partition coefficient (Wildman–Crippen LogP) is 2.11. The number of aromatic amines is 1. The van der Waals surface area contributed by atoms with E-state index in [0.29, 0.717) is 11.5 Å². The molecular formula is C17H22N4O. The van der Waals surface area contributed by atoms with E-state index in [2.05, 4.69) is 21.7 Å². The number of aromatic nitrogens is 1. The number of benzene rings is 1. The zero-order valence-electron chi connectivity index (χ0n) is 12.8. The maximum absolute atomic E-state index is 11.4. The SMILES string of the molecule is Cc1[nH]c(-c2ccccc2NC[C@@H]2CCNC2)cc1C(N)=O. The summed E-state index contributed by atoms with van der Waals surface area (Å²) in [5.41, 5.74) is 9.80. The summed E-state index contributed by atoms with van der Waals surface area (Å²) >= 11 is 0. The Hall–Kier alpha value is -2.27. The fraction of sp³-hybridized carbons (Fsp3) is 0.353. The molecule has 2 heterocycles. The smallest absolute Gasteiger partial charge is 0.250 e. The average molecular weight is 298 g/mol. The van der Waals surface area contributed by atoms with E-state index in [4.69, 9.17) is 5.73 Å². The maximum atomic E-state index is 11.4. The molecule has 1 aromatic heterocycles. The minimum atomic E-state index is -0.400. The van der Waals surface area contributed by atoms with Gasteiger partial charge in [0.05, 0.1) is 5.56 Å². The molecule has 1 amide bonds. The molecule has 0 saturated carbocycles. The molecule has 1 fully saturated rings. The van der Waals surface area contributed by atoms with Gasteiger partial charge in [0.1, 0.15) is 0 Å². The fourth-order valence-electron chi connectivity index (χ4n) is 2.97. The lowest BCUT2D eigenvalue weighted by atomic mass is 10.1. The van der Waals surface area contributed by atoms with Crippen LogP contribution in [0.4, 0.5) is 5.69 Å². The Bertz CT molecular complexity index is 671. The first-order chi connectivity index (χ1) is 10.6. The maximum Gasteiger partial charge on any atom is 0.250 e. The summed E-state index contributed by atoms with van der Waals surface area (Å²) in [7, 11) is 0. The van der Waals surface area contributed by atoms with Crippen LogP contribution < -0.4 is 16.4 Å². The van der Waals surface area contributed by atoms with Crippen molar-refractivity contribution in [3.8, 4) is 11.3 Å². The van der Waals surface area contributed by atoms with Crippen molar-refractivity contribution in [3.05, 3.63) is 41.6 Å². The van der Waals surface area contributed by atoms with Crippen LogP contribution in [-0.4, -0.2) is 30.5 Å². The van der Waals surface area contributed by atoms with Gasteiger partial charge in [-0.3, -0.25) is 4.79 Å². The summed E-state index contributed by atoms with van der Waals surface area (Å²) < 4.78 is 0. The molecule has 0 unspecified atom stereocenters. The highest BCUT2D eigenvalue weighted by molar-refractivity contribution is 5.96. The van der Waals surface area contributed by atoms with Crippen LogP contribution in [-0.2, 0) is 0 Å². The second-order valence-corrected chi connectivity index (χ2v) is 5.87. The average Bonchev–Trinajstić information content (AvgIpc) is 3.14. The number of hydrogen-bond acceptors (Lipinski definition) is 3. The van der Waals surface area contributed by atoms with Crippen molar-refractivity contribution in [2.45, 2.75) is 13.3 Å². The quantitative estimate of drug-likeness (QED) is 0.682. The number of carbonyl (C=O) groups excluding carboxylic acids is 1. The van der Waals surface area contributed by atoms with E-state index in [9.17, 15) is 4.79 Å². The van der Waals surface area contributed by atoms with E-state index >= 15 is 0 Å². The van der Waals surface area contributed by atoms with Crippen molar-refractivity contribution in [2.75, 3.05) is 25.0 Å². The van der Waals surface area contributed by atoms with E-state index in [0.717, 1.165) is 42.3 Å². The number of aryl methyl sites for hydroxylation is 1. The second kappa shape index (κ2) is 6.23. The number of H-pyrrole nitrogens is 1. The predicted molar refractivity (Wildman–Crippen MR) is 89.0 cm³/mol. The number of carbonyl (C=O) groups is 1. The van der Waals surface area contributed by atoms with Gasteiger partial charge in [0.2, 0.25) is 0 Å². The summed E-state index contributed by atoms with van der Waals surface area (Å²) in [5.74, 6) is 0.266. The molecule has 0 spiro atoms. The number of rotatable bonds is 5. The summed E-state index contributed by atoms with van der Waals surface area (Å²) in [6.07, 6.45) is 1.21. The molecule has 3 rings (SSSR count). The molecule has 5 heteroatoms. The van der Waals surface area contributed by atoms with Gasteiger partial charge in [-0.15, -0.1) is 0 Å². The summed E-state index contributed by atoms with van der Waals surface area (Å²) in [6, 6.07) is 9.96. The van der Waals surface area contributed by atoms with Gasteiger partial charge in [-0.1, -0.05) is 18.2 Å². The molecule has 1 saturated heterocycles. The van der Waals surface area contributed by atoms with Crippen LogP contribution in [0.15, 0.2) is 30.3 Å². The number of amides is 1. The van der Waals surface area contributed by atoms with Gasteiger partial charge >= 0.3 is 0 Å². The van der Waals surface area contributed by atoms with Crippen molar-refractivity contribution in [1.29, 1.82) is 0 Å². The Balaban J connectivity index is 1.84. The third-order valence-corrected chi connectivity index (χ3v) is 4.24. The molecule has 0 aliphatic carbocycles. The Labute approximate surface area is 130 Å². The first-order valence-corrected chi connectivity index (χ1v) is 7.68. The first-order valence-electron chi connectivity index (χ1n) is 7.68. The summed E-state index contributed by atoms with van der Waals surface area (Å²) in [6.45, 7) is 4.99. The number of nitrogens with two attached hydrogens (primary N) is 1. The highest BCUT2D eigenvalue weighted by atomic mass is 16.1. The molecule has 0 bridgehead atoms. The Morgan fingerprint density at radius 3 is 2.91 bits per heavy atom. The molecule has 116 valence electrons. The van der Waals surface area contributed by atoms with Crippen LogP contribution in [0.3, 0.4) is 0 Å². The van der Waals surface area contributed by atoms with E-state index in [1.807, 2.05) is 31.2 Å². The normalized spacial score (nSPS) is 17.6. The van der Waals surface area contributed by atoms with Crippen LogP contribution in [0.25, 0.3) is 11.3 Å². The van der Waals surface area contributed by atoms with Crippen molar-refractivity contribution in [3.63, 3.8) is 0 Å². The van der Waals surface area contributed by atoms with Gasteiger partial charge in [0.15, 0.2) is 0 Å². The lowest BCUT2D eigenvalue weighted by Crippen LogP contribution is -2.17. The molecule has 2 aromatic rings. The largest absolute Gasteiger partial charge is 0.384 e. The van der Waals surface area contributed by atoms with Crippen molar-refractivity contribution in [2.24, 2.45) is 11.7 Å². The molecular weight excluding hydrogens is 276 g/mol. The van der Waals surface area contributed by atoms with E-state index < -0.39 is 5.91 Å².